The molecular weight excluding hydrogens is 440 g/mol. The Kier molecular flexibility index (Phi) is 8.40. The number of hydrogen-bond donors (Lipinski definition) is 2. The van der Waals surface area contributed by atoms with E-state index < -0.39 is 23.5 Å². The average Bonchev–Trinajstić information content (AvgIpc) is 2.43. The first kappa shape index (κ1) is 23.7. The second-order valence-electron chi connectivity index (χ2n) is 4.50. The Balaban J connectivity index is 0.000000443. The van der Waals surface area contributed by atoms with Crippen molar-refractivity contribution in [2.75, 3.05) is 11.5 Å². The topological polar surface area (TPSA) is 52.0 Å². The van der Waals surface area contributed by atoms with Gasteiger partial charge in [-0.1, -0.05) is 12.1 Å². The Morgan fingerprint density at radius 2 is 0.920 bits per heavy atom. The minimum atomic E-state index is -4.35. The quantitative estimate of drug-likeness (QED) is 0.271. The van der Waals surface area contributed by atoms with Crippen molar-refractivity contribution in [1.29, 1.82) is 0 Å². The van der Waals surface area contributed by atoms with E-state index in [0.29, 0.717) is 0 Å². The van der Waals surface area contributed by atoms with E-state index in [2.05, 4.69) is 25.3 Å². The van der Waals surface area contributed by atoms with Crippen LogP contribution < -0.4 is 11.5 Å². The molecule has 2 nitrogen and oxygen atoms in total. The van der Waals surface area contributed by atoms with Gasteiger partial charge in [0.05, 0.1) is 11.1 Å². The van der Waals surface area contributed by atoms with E-state index in [1.165, 1.54) is 0 Å². The maximum Gasteiger partial charge on any atom is 2.00 e. The molecule has 11 heteroatoms. The van der Waals surface area contributed by atoms with Gasteiger partial charge in [-0.3, -0.25) is 0 Å². The van der Waals surface area contributed by atoms with Gasteiger partial charge in [0.25, 0.3) is 0 Å². The Hall–Kier alpha value is -1.32. The van der Waals surface area contributed by atoms with Crippen LogP contribution in [-0.2, 0) is 57.1 Å². The van der Waals surface area contributed by atoms with Crippen molar-refractivity contribution in [2.45, 2.75) is 22.1 Å². The predicted molar refractivity (Wildman–Crippen MR) is 83.0 cm³/mol. The summed E-state index contributed by atoms with van der Waals surface area (Å²) >= 11 is 9.17. The van der Waals surface area contributed by atoms with Crippen molar-refractivity contribution in [1.82, 2.24) is 0 Å². The van der Waals surface area contributed by atoms with Crippen molar-refractivity contribution < 1.29 is 45.8 Å². The zero-order valence-electron chi connectivity index (χ0n) is 12.4. The fourth-order valence-electron chi connectivity index (χ4n) is 1.42. The van der Waals surface area contributed by atoms with E-state index in [0.717, 1.165) is 36.4 Å². The molecule has 0 aliphatic heterocycles. The monoisotopic (exact) mass is 448 g/mol. The first-order valence-electron chi connectivity index (χ1n) is 6.10. The van der Waals surface area contributed by atoms with E-state index in [1.54, 1.807) is 0 Å². The van der Waals surface area contributed by atoms with Crippen LogP contribution >= 0.6 is 0 Å². The summed E-state index contributed by atoms with van der Waals surface area (Å²) in [7, 11) is 0. The summed E-state index contributed by atoms with van der Waals surface area (Å²) in [6.45, 7) is 0. The Bertz CT molecular complexity index is 658. The summed E-state index contributed by atoms with van der Waals surface area (Å²) in [5.41, 5.74) is 9.38. The molecule has 4 N–H and O–H groups in total. The SMILES string of the molecule is Nc1ccc(C(F)(F)F)cc1[S-].Nc1ccc(C(F)(F)F)cc1[S-].[Zn+2]. The summed E-state index contributed by atoms with van der Waals surface area (Å²) in [6, 6.07) is 5.84. The molecule has 2 rings (SSSR count). The van der Waals surface area contributed by atoms with Gasteiger partial charge in [-0.05, 0) is 24.3 Å². The van der Waals surface area contributed by atoms with Crippen LogP contribution in [0, 0.1) is 0 Å². The summed E-state index contributed by atoms with van der Waals surface area (Å²) in [4.78, 5) is 0.0645. The number of rotatable bonds is 0. The third-order valence-corrected chi connectivity index (χ3v) is 3.39. The van der Waals surface area contributed by atoms with Crippen LogP contribution in [0.1, 0.15) is 11.1 Å². The zero-order valence-corrected chi connectivity index (χ0v) is 17.0. The number of benzene rings is 2. The van der Waals surface area contributed by atoms with Crippen molar-refractivity contribution in [3.05, 3.63) is 47.5 Å². The molecule has 2 aromatic carbocycles. The first-order chi connectivity index (χ1) is 10.8. The maximum absolute atomic E-state index is 12.0. The molecule has 25 heavy (non-hydrogen) atoms. The van der Waals surface area contributed by atoms with Crippen LogP contribution in [0.3, 0.4) is 0 Å². The molecule has 0 heterocycles. The van der Waals surface area contributed by atoms with Crippen molar-refractivity contribution in [2.24, 2.45) is 0 Å². The van der Waals surface area contributed by atoms with E-state index in [9.17, 15) is 26.3 Å². The molecule has 2 aromatic rings. The molecule has 0 atom stereocenters. The van der Waals surface area contributed by atoms with Crippen LogP contribution in [-0.4, -0.2) is 0 Å². The molecule has 0 amide bonds. The number of nitrogens with two attached hydrogens (primary N) is 2. The molecule has 0 aromatic heterocycles. The molecule has 0 saturated heterocycles. The molecule has 0 fully saturated rings. The van der Waals surface area contributed by atoms with E-state index >= 15 is 0 Å². The van der Waals surface area contributed by atoms with Gasteiger partial charge < -0.3 is 36.7 Å². The van der Waals surface area contributed by atoms with Gasteiger partial charge in [-0.2, -0.15) is 36.1 Å². The van der Waals surface area contributed by atoms with Crippen molar-refractivity contribution >= 4 is 36.6 Å². The second-order valence-corrected chi connectivity index (χ2v) is 5.38. The number of anilines is 2. The van der Waals surface area contributed by atoms with Crippen molar-refractivity contribution in [3.8, 4) is 0 Å². The largest absolute Gasteiger partial charge is 2.00 e. The number of nitrogen functional groups attached to an aromatic ring is 2. The number of alkyl halides is 6. The molecular formula is C14H10F6N2S2Zn. The van der Waals surface area contributed by atoms with E-state index in [1.807, 2.05) is 0 Å². The normalized spacial score (nSPS) is 11.1. The van der Waals surface area contributed by atoms with Crippen LogP contribution in [0.25, 0.3) is 0 Å². The van der Waals surface area contributed by atoms with Crippen LogP contribution in [0.2, 0.25) is 0 Å². The molecule has 132 valence electrons. The molecule has 0 saturated carbocycles. The molecule has 0 aliphatic rings. The smallest absolute Gasteiger partial charge is 0.778 e. The van der Waals surface area contributed by atoms with Gasteiger partial charge in [0, 0.05) is 11.4 Å². The van der Waals surface area contributed by atoms with Gasteiger partial charge in [-0.25, -0.2) is 0 Å². The Morgan fingerprint density at radius 1 is 0.640 bits per heavy atom. The molecule has 0 spiro atoms. The third kappa shape index (κ3) is 7.21. The van der Waals surface area contributed by atoms with Gasteiger partial charge in [0.15, 0.2) is 0 Å². The predicted octanol–water partition coefficient (Wildman–Crippen LogP) is 4.38. The van der Waals surface area contributed by atoms with Crippen LogP contribution in [0.5, 0.6) is 0 Å². The van der Waals surface area contributed by atoms with Gasteiger partial charge >= 0.3 is 31.8 Å². The van der Waals surface area contributed by atoms with Crippen molar-refractivity contribution in [3.63, 3.8) is 0 Å². The average molecular weight is 450 g/mol. The molecule has 0 bridgehead atoms. The summed E-state index contributed by atoms with van der Waals surface area (Å²) in [6.07, 6.45) is -8.69. The summed E-state index contributed by atoms with van der Waals surface area (Å²) in [5.74, 6) is 0. The summed E-state index contributed by atoms with van der Waals surface area (Å²) in [5, 5.41) is 0. The molecule has 0 radical (unpaired) electrons. The summed E-state index contributed by atoms with van der Waals surface area (Å²) < 4.78 is 72.1. The van der Waals surface area contributed by atoms with Gasteiger partial charge in [-0.15, -0.1) is 0 Å². The van der Waals surface area contributed by atoms with Crippen LogP contribution in [0.15, 0.2) is 46.2 Å². The first-order valence-corrected chi connectivity index (χ1v) is 6.91. The van der Waals surface area contributed by atoms with Crippen LogP contribution in [0.4, 0.5) is 37.7 Å². The standard InChI is InChI=1S/2C7H6F3NS.Zn/c2*8-7(9,10)4-1-2-5(11)6(12)3-4;/h2*1-3,12H,11H2;/q;;+2/p-2. The van der Waals surface area contributed by atoms with E-state index in [4.69, 9.17) is 11.5 Å². The third-order valence-electron chi connectivity index (χ3n) is 2.68. The Labute approximate surface area is 163 Å². The molecule has 0 aliphatic carbocycles. The minimum absolute atomic E-state index is 0. The fourth-order valence-corrected chi connectivity index (χ4v) is 1.81. The number of halogens is 6. The van der Waals surface area contributed by atoms with E-state index in [-0.39, 0.29) is 40.6 Å². The van der Waals surface area contributed by atoms with Gasteiger partial charge in [0.1, 0.15) is 0 Å². The minimum Gasteiger partial charge on any atom is -0.778 e. The number of hydrogen-bond acceptors (Lipinski definition) is 4. The van der Waals surface area contributed by atoms with Gasteiger partial charge in [0.2, 0.25) is 0 Å². The fraction of sp³-hybridized carbons (Fsp3) is 0.143. The maximum atomic E-state index is 12.0. The molecule has 0 unspecified atom stereocenters. The second kappa shape index (κ2) is 8.87. The Morgan fingerprint density at radius 3 is 1.12 bits per heavy atom. The zero-order chi connectivity index (χ0) is 18.7.